The lowest BCUT2D eigenvalue weighted by molar-refractivity contribution is 0.0917. The van der Waals surface area contributed by atoms with E-state index >= 15 is 0 Å². The van der Waals surface area contributed by atoms with Crippen LogP contribution in [0.1, 0.15) is 5.82 Å². The SMILES string of the molecule is O[C@H](COc1ccccc1)Cn1c(COc2ccc(Cl)cc2)nc2ccccc21. The van der Waals surface area contributed by atoms with Crippen molar-refractivity contribution in [3.8, 4) is 11.5 Å². The number of halogens is 1. The lowest BCUT2D eigenvalue weighted by Crippen LogP contribution is -2.25. The van der Waals surface area contributed by atoms with E-state index in [-0.39, 0.29) is 13.2 Å². The molecular formula is C23H21ClN2O3. The molecule has 5 nitrogen and oxygen atoms in total. The summed E-state index contributed by atoms with van der Waals surface area (Å²) in [6.45, 7) is 0.823. The number of rotatable bonds is 8. The predicted molar refractivity (Wildman–Crippen MR) is 113 cm³/mol. The molecule has 3 aromatic carbocycles. The Bertz CT molecular complexity index is 1060. The second-order valence-corrected chi connectivity index (χ2v) is 7.08. The summed E-state index contributed by atoms with van der Waals surface area (Å²) >= 11 is 5.93. The standard InChI is InChI=1S/C23H21ClN2O3/c24-17-10-12-20(13-11-17)29-16-23-25-21-8-4-5-9-22(21)26(23)14-18(27)15-28-19-6-2-1-3-7-19/h1-13,18,27H,14-16H2/t18-/m0/s1. The summed E-state index contributed by atoms with van der Waals surface area (Å²) in [7, 11) is 0. The first-order valence-corrected chi connectivity index (χ1v) is 9.75. The number of aromatic nitrogens is 2. The maximum atomic E-state index is 10.6. The summed E-state index contributed by atoms with van der Waals surface area (Å²) in [5.74, 6) is 2.18. The minimum Gasteiger partial charge on any atom is -0.491 e. The molecule has 0 spiro atoms. The largest absolute Gasteiger partial charge is 0.491 e. The monoisotopic (exact) mass is 408 g/mol. The molecule has 0 unspecified atom stereocenters. The van der Waals surface area contributed by atoms with Crippen LogP contribution in [0, 0.1) is 0 Å². The van der Waals surface area contributed by atoms with Gasteiger partial charge in [-0.1, -0.05) is 41.9 Å². The number of aliphatic hydroxyl groups excluding tert-OH is 1. The predicted octanol–water partition coefficient (Wildman–Crippen LogP) is 4.71. The number of benzene rings is 3. The topological polar surface area (TPSA) is 56.5 Å². The van der Waals surface area contributed by atoms with Crippen molar-refractivity contribution in [1.82, 2.24) is 9.55 Å². The van der Waals surface area contributed by atoms with Crippen molar-refractivity contribution in [2.45, 2.75) is 19.3 Å². The van der Waals surface area contributed by atoms with E-state index < -0.39 is 6.10 Å². The average Bonchev–Trinajstić information content (AvgIpc) is 3.10. The van der Waals surface area contributed by atoms with Gasteiger partial charge >= 0.3 is 0 Å². The van der Waals surface area contributed by atoms with Crippen molar-refractivity contribution in [3.63, 3.8) is 0 Å². The van der Waals surface area contributed by atoms with Crippen LogP contribution in [0.25, 0.3) is 11.0 Å². The van der Waals surface area contributed by atoms with Crippen LogP contribution in [0.2, 0.25) is 5.02 Å². The Morgan fingerprint density at radius 2 is 1.55 bits per heavy atom. The second kappa shape index (κ2) is 8.99. The van der Waals surface area contributed by atoms with Crippen molar-refractivity contribution in [3.05, 3.63) is 89.7 Å². The van der Waals surface area contributed by atoms with E-state index in [0.29, 0.717) is 17.3 Å². The Morgan fingerprint density at radius 1 is 0.862 bits per heavy atom. The molecule has 1 N–H and O–H groups in total. The average molecular weight is 409 g/mol. The molecule has 0 saturated heterocycles. The summed E-state index contributed by atoms with van der Waals surface area (Å²) in [4.78, 5) is 4.68. The third kappa shape index (κ3) is 4.88. The highest BCUT2D eigenvalue weighted by Gasteiger charge is 2.15. The van der Waals surface area contributed by atoms with Gasteiger partial charge in [-0.05, 0) is 48.5 Å². The number of aliphatic hydroxyl groups is 1. The summed E-state index contributed by atoms with van der Waals surface area (Å²) in [5, 5.41) is 11.2. The van der Waals surface area contributed by atoms with Crippen LogP contribution < -0.4 is 9.47 Å². The highest BCUT2D eigenvalue weighted by Crippen LogP contribution is 2.20. The van der Waals surface area contributed by atoms with Gasteiger partial charge in [-0.2, -0.15) is 0 Å². The molecule has 4 aromatic rings. The number of fused-ring (bicyclic) bond motifs is 1. The lowest BCUT2D eigenvalue weighted by Gasteiger charge is -2.16. The minimum atomic E-state index is -0.693. The fraction of sp³-hybridized carbons (Fsp3) is 0.174. The van der Waals surface area contributed by atoms with Crippen molar-refractivity contribution in [2.75, 3.05) is 6.61 Å². The minimum absolute atomic E-state index is 0.188. The van der Waals surface area contributed by atoms with E-state index in [1.165, 1.54) is 0 Å². The summed E-state index contributed by atoms with van der Waals surface area (Å²) in [6.07, 6.45) is -0.693. The molecule has 0 aliphatic carbocycles. The van der Waals surface area contributed by atoms with Gasteiger partial charge in [0.15, 0.2) is 0 Å². The number of hydrogen-bond donors (Lipinski definition) is 1. The Hall–Kier alpha value is -3.02. The van der Waals surface area contributed by atoms with E-state index in [1.807, 2.05) is 71.3 Å². The third-order valence-corrected chi connectivity index (χ3v) is 4.75. The quantitative estimate of drug-likeness (QED) is 0.458. The fourth-order valence-electron chi connectivity index (χ4n) is 3.09. The van der Waals surface area contributed by atoms with Gasteiger partial charge in [0, 0.05) is 5.02 Å². The van der Waals surface area contributed by atoms with E-state index in [1.54, 1.807) is 12.1 Å². The molecule has 1 aromatic heterocycles. The summed E-state index contributed by atoms with van der Waals surface area (Å²) in [5.41, 5.74) is 1.80. The van der Waals surface area contributed by atoms with E-state index in [2.05, 4.69) is 4.98 Å². The van der Waals surface area contributed by atoms with E-state index in [0.717, 1.165) is 22.6 Å². The number of ether oxygens (including phenoxy) is 2. The molecule has 0 aliphatic rings. The van der Waals surface area contributed by atoms with Crippen LogP contribution >= 0.6 is 11.6 Å². The molecule has 0 aliphatic heterocycles. The van der Waals surface area contributed by atoms with Gasteiger partial charge in [0.05, 0.1) is 17.6 Å². The van der Waals surface area contributed by atoms with Gasteiger partial charge in [-0.3, -0.25) is 0 Å². The molecule has 4 rings (SSSR count). The Balaban J connectivity index is 1.49. The molecule has 0 bridgehead atoms. The number of hydrogen-bond acceptors (Lipinski definition) is 4. The molecular weight excluding hydrogens is 388 g/mol. The number of nitrogens with zero attached hydrogens (tertiary/aromatic N) is 2. The summed E-state index contributed by atoms with van der Waals surface area (Å²) in [6, 6.07) is 24.5. The molecule has 6 heteroatoms. The molecule has 0 amide bonds. The van der Waals surface area contributed by atoms with Crippen molar-refractivity contribution in [2.24, 2.45) is 0 Å². The number of para-hydroxylation sites is 3. The van der Waals surface area contributed by atoms with Gasteiger partial charge in [0.25, 0.3) is 0 Å². The number of imidazole rings is 1. The van der Waals surface area contributed by atoms with Crippen LogP contribution in [0.3, 0.4) is 0 Å². The zero-order valence-electron chi connectivity index (χ0n) is 15.7. The zero-order valence-corrected chi connectivity index (χ0v) is 16.5. The molecule has 1 atom stereocenters. The van der Waals surface area contributed by atoms with E-state index in [4.69, 9.17) is 21.1 Å². The normalized spacial score (nSPS) is 12.1. The molecule has 0 radical (unpaired) electrons. The first-order chi connectivity index (χ1) is 14.2. The lowest BCUT2D eigenvalue weighted by atomic mass is 10.3. The van der Waals surface area contributed by atoms with Crippen LogP contribution in [-0.2, 0) is 13.2 Å². The van der Waals surface area contributed by atoms with Gasteiger partial charge in [-0.25, -0.2) is 4.98 Å². The van der Waals surface area contributed by atoms with Crippen LogP contribution in [0.5, 0.6) is 11.5 Å². The highest BCUT2D eigenvalue weighted by atomic mass is 35.5. The first kappa shape index (κ1) is 19.3. The van der Waals surface area contributed by atoms with Crippen LogP contribution in [0.4, 0.5) is 0 Å². The Kier molecular flexibility index (Phi) is 5.98. The third-order valence-electron chi connectivity index (χ3n) is 4.49. The summed E-state index contributed by atoms with van der Waals surface area (Å²) < 4.78 is 13.5. The molecule has 0 saturated carbocycles. The Morgan fingerprint density at radius 3 is 2.34 bits per heavy atom. The fourth-order valence-corrected chi connectivity index (χ4v) is 3.22. The maximum absolute atomic E-state index is 10.6. The van der Waals surface area contributed by atoms with Gasteiger partial charge in [0.1, 0.15) is 36.6 Å². The molecule has 0 fully saturated rings. The van der Waals surface area contributed by atoms with Crippen molar-refractivity contribution >= 4 is 22.6 Å². The van der Waals surface area contributed by atoms with Gasteiger partial charge in [0.2, 0.25) is 0 Å². The van der Waals surface area contributed by atoms with Gasteiger partial charge in [-0.15, -0.1) is 0 Å². The molecule has 148 valence electrons. The zero-order chi connectivity index (χ0) is 20.1. The van der Waals surface area contributed by atoms with Crippen LogP contribution in [-0.4, -0.2) is 27.4 Å². The van der Waals surface area contributed by atoms with Gasteiger partial charge < -0.3 is 19.1 Å². The van der Waals surface area contributed by atoms with E-state index in [9.17, 15) is 5.11 Å². The second-order valence-electron chi connectivity index (χ2n) is 6.65. The highest BCUT2D eigenvalue weighted by molar-refractivity contribution is 6.30. The maximum Gasteiger partial charge on any atom is 0.148 e. The van der Waals surface area contributed by atoms with Crippen molar-refractivity contribution < 1.29 is 14.6 Å². The first-order valence-electron chi connectivity index (χ1n) is 9.37. The molecule has 29 heavy (non-hydrogen) atoms. The Labute approximate surface area is 174 Å². The smallest absolute Gasteiger partial charge is 0.148 e. The van der Waals surface area contributed by atoms with Crippen LogP contribution in [0.15, 0.2) is 78.9 Å². The molecule has 1 heterocycles. The van der Waals surface area contributed by atoms with Crippen molar-refractivity contribution in [1.29, 1.82) is 0 Å².